The van der Waals surface area contributed by atoms with Crippen LogP contribution in [0.25, 0.3) is 17.2 Å². The Morgan fingerprint density at radius 3 is 1.44 bits per heavy atom. The van der Waals surface area contributed by atoms with Gasteiger partial charge in [0, 0.05) is 23.1 Å². The Bertz CT molecular complexity index is 1980. The highest BCUT2D eigenvalue weighted by Gasteiger charge is 2.22. The highest BCUT2D eigenvalue weighted by Crippen LogP contribution is 2.25. The van der Waals surface area contributed by atoms with E-state index in [9.17, 15) is 24.0 Å². The lowest BCUT2D eigenvalue weighted by atomic mass is 9.98. The van der Waals surface area contributed by atoms with E-state index in [1.165, 1.54) is 6.42 Å². The first-order valence-corrected chi connectivity index (χ1v) is 22.5. The normalized spacial score (nSPS) is 14.3. The van der Waals surface area contributed by atoms with Crippen LogP contribution in [0.5, 0.6) is 11.5 Å². The predicted octanol–water partition coefficient (Wildman–Crippen LogP) is 10.7. The maximum Gasteiger partial charge on any atom is 0.333 e. The summed E-state index contributed by atoms with van der Waals surface area (Å²) in [5, 5.41) is 0. The van der Waals surface area contributed by atoms with Gasteiger partial charge in [-0.2, -0.15) is 0 Å². The zero-order chi connectivity index (χ0) is 44.7. The number of allylic oxidation sites excluding steroid dienone is 1. The summed E-state index contributed by atoms with van der Waals surface area (Å²) in [6.07, 6.45) is 16.8. The minimum atomic E-state index is -0.604. The summed E-state index contributed by atoms with van der Waals surface area (Å²) >= 11 is 0. The molecular weight excluding hydrogens is 801 g/mol. The summed E-state index contributed by atoms with van der Waals surface area (Å²) in [6.45, 7) is 8.71. The number of hydrogen-bond donors (Lipinski definition) is 0. The van der Waals surface area contributed by atoms with Gasteiger partial charge in [-0.3, -0.25) is 14.4 Å². The Hall–Kier alpha value is -5.97. The quantitative estimate of drug-likeness (QED) is 0.0264. The fourth-order valence-electron chi connectivity index (χ4n) is 7.36. The number of rotatable bonds is 25. The number of esters is 4. The minimum absolute atomic E-state index is 0.0461. The van der Waals surface area contributed by atoms with Crippen molar-refractivity contribution in [1.29, 1.82) is 0 Å². The molecule has 2 saturated carbocycles. The summed E-state index contributed by atoms with van der Waals surface area (Å²) in [4.78, 5) is 61.6. The van der Waals surface area contributed by atoms with Crippen molar-refractivity contribution in [2.75, 3.05) is 26.4 Å². The molecule has 0 N–H and O–H groups in total. The van der Waals surface area contributed by atoms with Crippen LogP contribution in [-0.2, 0) is 38.1 Å². The number of unbranched alkanes of at least 4 members (excludes halogenated alkanes) is 3. The van der Waals surface area contributed by atoms with Gasteiger partial charge in [0.1, 0.15) is 23.7 Å². The zero-order valence-electron chi connectivity index (χ0n) is 36.5. The third-order valence-corrected chi connectivity index (χ3v) is 11.0. The Balaban J connectivity index is 0.899. The summed E-state index contributed by atoms with van der Waals surface area (Å²) in [6, 6.07) is 22.6. The molecule has 0 amide bonds. The fraction of sp³-hybridized carbons (Fsp3) is 0.442. The fourth-order valence-corrected chi connectivity index (χ4v) is 7.36. The van der Waals surface area contributed by atoms with E-state index in [1.807, 2.05) is 72.8 Å². The second-order valence-electron chi connectivity index (χ2n) is 16.2. The van der Waals surface area contributed by atoms with Crippen molar-refractivity contribution in [2.24, 2.45) is 0 Å². The summed E-state index contributed by atoms with van der Waals surface area (Å²) in [7, 11) is 0. The van der Waals surface area contributed by atoms with Crippen LogP contribution in [0, 0.1) is 0 Å². The van der Waals surface area contributed by atoms with Crippen LogP contribution in [0.1, 0.15) is 125 Å². The molecule has 2 aliphatic carbocycles. The first kappa shape index (κ1) is 48.1. The summed E-state index contributed by atoms with van der Waals surface area (Å²) in [5.74, 6) is -0.688. The number of benzene rings is 3. The van der Waals surface area contributed by atoms with E-state index >= 15 is 0 Å². The van der Waals surface area contributed by atoms with E-state index in [2.05, 4.69) is 13.2 Å². The van der Waals surface area contributed by atoms with Crippen LogP contribution >= 0.6 is 0 Å². The Labute approximate surface area is 371 Å². The molecule has 0 radical (unpaired) electrons. The van der Waals surface area contributed by atoms with Gasteiger partial charge in [-0.05, 0) is 124 Å². The Kier molecular flexibility index (Phi) is 20.2. The lowest BCUT2D eigenvalue weighted by molar-refractivity contribution is -0.152. The molecule has 2 aliphatic rings. The smallest absolute Gasteiger partial charge is 0.333 e. The van der Waals surface area contributed by atoms with E-state index in [4.69, 9.17) is 28.4 Å². The van der Waals surface area contributed by atoms with Crippen LogP contribution < -0.4 is 9.47 Å². The summed E-state index contributed by atoms with van der Waals surface area (Å²) < 4.78 is 33.1. The number of ketones is 1. The SMILES string of the molecule is C=C(CC(=O)OC1CCCCC1)C(=O)OCCCCCCOc1ccc(/C=C/C(=O)c2ccc(-c3ccc(OCCCOC(=O)C(=C)CC(=O)OC4CCCCC4)cc3)cc2)cc1. The standard InChI is InChI=1S/C52H62O11/c1-38(36-49(54)62-46-14-7-5-8-15-46)51(56)60-33-12-4-3-11-32-58-44-27-18-40(19-28-44)20-31-48(53)43-23-21-41(22-24-43)42-25-29-45(30-26-42)59-34-13-35-61-52(57)39(2)37-50(55)63-47-16-9-6-10-17-47/h18-31,46-47H,1-17,32-37H2/b31-20+. The van der Waals surface area contributed by atoms with Gasteiger partial charge in [-0.1, -0.05) is 80.6 Å². The van der Waals surface area contributed by atoms with Crippen LogP contribution in [0.4, 0.5) is 0 Å². The van der Waals surface area contributed by atoms with E-state index in [0.717, 1.165) is 99.5 Å². The Morgan fingerprint density at radius 1 is 0.508 bits per heavy atom. The largest absolute Gasteiger partial charge is 0.494 e. The molecule has 0 saturated heterocycles. The number of ether oxygens (including phenoxy) is 6. The number of carbonyl (C=O) groups excluding carboxylic acids is 5. The highest BCUT2D eigenvalue weighted by atomic mass is 16.6. The molecule has 3 aromatic carbocycles. The van der Waals surface area contributed by atoms with Gasteiger partial charge in [0.05, 0.1) is 39.3 Å². The van der Waals surface area contributed by atoms with Crippen molar-refractivity contribution in [3.63, 3.8) is 0 Å². The molecule has 0 atom stereocenters. The van der Waals surface area contributed by atoms with Crippen molar-refractivity contribution in [3.05, 3.63) is 114 Å². The molecule has 0 unspecified atom stereocenters. The first-order valence-electron chi connectivity index (χ1n) is 22.5. The number of hydrogen-bond acceptors (Lipinski definition) is 11. The third-order valence-electron chi connectivity index (χ3n) is 11.0. The molecule has 3 aromatic rings. The molecule has 336 valence electrons. The average Bonchev–Trinajstić information content (AvgIpc) is 3.30. The molecule has 0 spiro atoms. The van der Waals surface area contributed by atoms with Crippen molar-refractivity contribution in [3.8, 4) is 22.6 Å². The Morgan fingerprint density at radius 2 is 0.937 bits per heavy atom. The van der Waals surface area contributed by atoms with Gasteiger partial charge in [-0.15, -0.1) is 0 Å². The molecule has 5 rings (SSSR count). The van der Waals surface area contributed by atoms with Crippen molar-refractivity contribution in [2.45, 2.75) is 121 Å². The minimum Gasteiger partial charge on any atom is -0.494 e. The molecule has 11 heteroatoms. The number of carbonyl (C=O) groups is 5. The van der Waals surface area contributed by atoms with Gasteiger partial charge >= 0.3 is 23.9 Å². The molecule has 0 bridgehead atoms. The van der Waals surface area contributed by atoms with Gasteiger partial charge in [0.15, 0.2) is 5.78 Å². The maximum atomic E-state index is 12.9. The van der Waals surface area contributed by atoms with E-state index < -0.39 is 23.9 Å². The van der Waals surface area contributed by atoms with Crippen molar-refractivity contribution >= 4 is 35.7 Å². The topological polar surface area (TPSA) is 141 Å². The molecule has 2 fully saturated rings. The van der Waals surface area contributed by atoms with Gasteiger partial charge < -0.3 is 28.4 Å². The molecule has 0 heterocycles. The van der Waals surface area contributed by atoms with Crippen LogP contribution in [0.15, 0.2) is 103 Å². The molecule has 0 aromatic heterocycles. The van der Waals surface area contributed by atoms with Crippen LogP contribution in [-0.4, -0.2) is 68.3 Å². The second-order valence-corrected chi connectivity index (χ2v) is 16.2. The second kappa shape index (κ2) is 26.5. The van der Waals surface area contributed by atoms with Crippen LogP contribution in [0.2, 0.25) is 0 Å². The van der Waals surface area contributed by atoms with Gasteiger partial charge in [-0.25, -0.2) is 9.59 Å². The summed E-state index contributed by atoms with van der Waals surface area (Å²) in [5.41, 5.74) is 3.60. The van der Waals surface area contributed by atoms with Gasteiger partial charge in [0.25, 0.3) is 0 Å². The first-order chi connectivity index (χ1) is 30.6. The van der Waals surface area contributed by atoms with Gasteiger partial charge in [0.2, 0.25) is 0 Å². The van der Waals surface area contributed by atoms with Crippen molar-refractivity contribution in [1.82, 2.24) is 0 Å². The van der Waals surface area contributed by atoms with Crippen LogP contribution in [0.3, 0.4) is 0 Å². The zero-order valence-corrected chi connectivity index (χ0v) is 36.5. The van der Waals surface area contributed by atoms with Crippen molar-refractivity contribution < 1.29 is 52.4 Å². The van der Waals surface area contributed by atoms with E-state index in [-0.39, 0.29) is 55.2 Å². The maximum absolute atomic E-state index is 12.9. The van der Waals surface area contributed by atoms with E-state index in [1.54, 1.807) is 12.2 Å². The monoisotopic (exact) mass is 862 g/mol. The third kappa shape index (κ3) is 17.7. The average molecular weight is 863 g/mol. The van der Waals surface area contributed by atoms with E-state index in [0.29, 0.717) is 37.4 Å². The highest BCUT2D eigenvalue weighted by molar-refractivity contribution is 6.07. The predicted molar refractivity (Wildman–Crippen MR) is 241 cm³/mol. The lowest BCUT2D eigenvalue weighted by Gasteiger charge is -2.21. The molecular formula is C52H62O11. The molecule has 11 nitrogen and oxygen atoms in total. The lowest BCUT2D eigenvalue weighted by Crippen LogP contribution is -2.22. The molecule has 63 heavy (non-hydrogen) atoms. The molecule has 0 aliphatic heterocycles.